The summed E-state index contributed by atoms with van der Waals surface area (Å²) in [6.07, 6.45) is 13.4. The number of fused-ring (bicyclic) bond motifs is 1. The van der Waals surface area contributed by atoms with Crippen molar-refractivity contribution in [2.75, 3.05) is 6.54 Å². The first-order chi connectivity index (χ1) is 10.4. The van der Waals surface area contributed by atoms with Crippen LogP contribution in [0.15, 0.2) is 43.0 Å². The summed E-state index contributed by atoms with van der Waals surface area (Å²) in [5.41, 5.74) is 3.08. The number of nitrogens with one attached hydrogen (secondary N) is 1. The van der Waals surface area contributed by atoms with Crippen LogP contribution in [0.1, 0.15) is 49.3 Å². The quantitative estimate of drug-likeness (QED) is 0.647. The Kier molecular flexibility index (Phi) is 5.06. The van der Waals surface area contributed by atoms with Gasteiger partial charge in [-0.05, 0) is 49.8 Å². The summed E-state index contributed by atoms with van der Waals surface area (Å²) in [5.74, 6) is 0. The molecule has 1 unspecified atom stereocenters. The molecule has 1 aromatic heterocycles. The minimum absolute atomic E-state index is 0.553. The number of hydrogen-bond donors (Lipinski definition) is 1. The number of aromatic nitrogens is 2. The van der Waals surface area contributed by atoms with E-state index in [0.29, 0.717) is 6.04 Å². The molecule has 0 bridgehead atoms. The van der Waals surface area contributed by atoms with Gasteiger partial charge in [0.1, 0.15) is 0 Å². The second-order valence-corrected chi connectivity index (χ2v) is 5.96. The topological polar surface area (TPSA) is 29.9 Å². The average Bonchev–Trinajstić information content (AvgIpc) is 2.94. The molecule has 0 amide bonds. The van der Waals surface area contributed by atoms with Crippen LogP contribution in [0.3, 0.4) is 0 Å². The number of benzene rings is 1. The molecule has 1 N–H and O–H groups in total. The zero-order valence-electron chi connectivity index (χ0n) is 12.7. The Labute approximate surface area is 127 Å². The van der Waals surface area contributed by atoms with Gasteiger partial charge in [-0.3, -0.25) is 0 Å². The second-order valence-electron chi connectivity index (χ2n) is 5.96. The van der Waals surface area contributed by atoms with E-state index in [1.807, 2.05) is 18.7 Å². The first kappa shape index (κ1) is 14.3. The van der Waals surface area contributed by atoms with E-state index < -0.39 is 0 Å². The summed E-state index contributed by atoms with van der Waals surface area (Å²) < 4.78 is 2.15. The Balaban J connectivity index is 1.46. The molecule has 1 aliphatic rings. The van der Waals surface area contributed by atoms with Crippen LogP contribution in [-0.4, -0.2) is 16.1 Å². The maximum atomic E-state index is 4.08. The number of aryl methyl sites for hydroxylation is 2. The predicted molar refractivity (Wildman–Crippen MR) is 86.2 cm³/mol. The maximum absolute atomic E-state index is 4.08. The highest BCUT2D eigenvalue weighted by molar-refractivity contribution is 5.31. The van der Waals surface area contributed by atoms with E-state index in [1.54, 1.807) is 5.56 Å². The minimum Gasteiger partial charge on any atom is -0.337 e. The summed E-state index contributed by atoms with van der Waals surface area (Å²) in [5, 5.41) is 3.77. The SMILES string of the molecule is c1ccc2c(c1)CCCCC2NCCCCn1ccnc1. The van der Waals surface area contributed by atoms with Crippen LogP contribution in [0.4, 0.5) is 0 Å². The van der Waals surface area contributed by atoms with Gasteiger partial charge in [0.25, 0.3) is 0 Å². The monoisotopic (exact) mass is 283 g/mol. The number of imidazole rings is 1. The zero-order valence-corrected chi connectivity index (χ0v) is 12.7. The van der Waals surface area contributed by atoms with Crippen LogP contribution in [-0.2, 0) is 13.0 Å². The largest absolute Gasteiger partial charge is 0.337 e. The van der Waals surface area contributed by atoms with Crippen molar-refractivity contribution < 1.29 is 0 Å². The van der Waals surface area contributed by atoms with Crippen LogP contribution >= 0.6 is 0 Å². The van der Waals surface area contributed by atoms with Crippen molar-refractivity contribution in [3.05, 3.63) is 54.1 Å². The molecule has 0 spiro atoms. The zero-order chi connectivity index (χ0) is 14.3. The highest BCUT2D eigenvalue weighted by Gasteiger charge is 2.17. The molecule has 3 heteroatoms. The molecule has 3 rings (SSSR count). The van der Waals surface area contributed by atoms with Gasteiger partial charge in [0.2, 0.25) is 0 Å². The van der Waals surface area contributed by atoms with E-state index >= 15 is 0 Å². The second kappa shape index (κ2) is 7.41. The van der Waals surface area contributed by atoms with Crippen molar-refractivity contribution >= 4 is 0 Å². The third kappa shape index (κ3) is 3.94. The van der Waals surface area contributed by atoms with Gasteiger partial charge in [-0.2, -0.15) is 0 Å². The van der Waals surface area contributed by atoms with Crippen LogP contribution in [0.25, 0.3) is 0 Å². The average molecular weight is 283 g/mol. The highest BCUT2D eigenvalue weighted by Crippen LogP contribution is 2.28. The molecule has 0 saturated heterocycles. The molecular weight excluding hydrogens is 258 g/mol. The normalized spacial score (nSPS) is 18.2. The van der Waals surface area contributed by atoms with Gasteiger partial charge in [0.15, 0.2) is 0 Å². The Morgan fingerprint density at radius 2 is 2.14 bits per heavy atom. The third-order valence-electron chi connectivity index (χ3n) is 4.41. The van der Waals surface area contributed by atoms with Crippen molar-refractivity contribution in [1.82, 2.24) is 14.9 Å². The van der Waals surface area contributed by atoms with Crippen molar-refractivity contribution in [2.45, 2.75) is 51.1 Å². The molecule has 1 aliphatic carbocycles. The van der Waals surface area contributed by atoms with E-state index in [1.165, 1.54) is 44.1 Å². The van der Waals surface area contributed by atoms with Gasteiger partial charge < -0.3 is 9.88 Å². The van der Waals surface area contributed by atoms with E-state index in [4.69, 9.17) is 0 Å². The van der Waals surface area contributed by atoms with Crippen molar-refractivity contribution in [1.29, 1.82) is 0 Å². The molecule has 112 valence electrons. The Morgan fingerprint density at radius 3 is 3.05 bits per heavy atom. The Bertz CT molecular complexity index is 533. The van der Waals surface area contributed by atoms with Crippen molar-refractivity contribution in [3.63, 3.8) is 0 Å². The van der Waals surface area contributed by atoms with Crippen molar-refractivity contribution in [3.8, 4) is 0 Å². The molecule has 1 heterocycles. The van der Waals surface area contributed by atoms with Crippen LogP contribution in [0.5, 0.6) is 0 Å². The smallest absolute Gasteiger partial charge is 0.0945 e. The first-order valence-corrected chi connectivity index (χ1v) is 8.20. The lowest BCUT2D eigenvalue weighted by atomic mass is 9.99. The molecule has 2 aromatic rings. The van der Waals surface area contributed by atoms with E-state index in [0.717, 1.165) is 13.1 Å². The lowest BCUT2D eigenvalue weighted by Gasteiger charge is -2.19. The fraction of sp³-hybridized carbons (Fsp3) is 0.500. The van der Waals surface area contributed by atoms with E-state index in [2.05, 4.69) is 39.1 Å². The van der Waals surface area contributed by atoms with Gasteiger partial charge in [-0.1, -0.05) is 30.7 Å². The predicted octanol–water partition coefficient (Wildman–Crippen LogP) is 3.72. The molecule has 0 radical (unpaired) electrons. The van der Waals surface area contributed by atoms with Crippen LogP contribution in [0, 0.1) is 0 Å². The van der Waals surface area contributed by atoms with Crippen molar-refractivity contribution in [2.24, 2.45) is 0 Å². The molecule has 1 atom stereocenters. The van der Waals surface area contributed by atoms with Gasteiger partial charge in [0.05, 0.1) is 6.33 Å². The van der Waals surface area contributed by atoms with Gasteiger partial charge in [-0.25, -0.2) is 4.98 Å². The Morgan fingerprint density at radius 1 is 1.19 bits per heavy atom. The molecule has 0 aliphatic heterocycles. The lowest BCUT2D eigenvalue weighted by Crippen LogP contribution is -2.23. The van der Waals surface area contributed by atoms with Crippen LogP contribution in [0.2, 0.25) is 0 Å². The molecule has 3 nitrogen and oxygen atoms in total. The third-order valence-corrected chi connectivity index (χ3v) is 4.41. The van der Waals surface area contributed by atoms with Gasteiger partial charge in [0, 0.05) is 25.0 Å². The van der Waals surface area contributed by atoms with Gasteiger partial charge >= 0.3 is 0 Å². The molecule has 21 heavy (non-hydrogen) atoms. The molecular formula is C18H25N3. The fourth-order valence-electron chi connectivity index (χ4n) is 3.25. The summed E-state index contributed by atoms with van der Waals surface area (Å²) in [6.45, 7) is 2.18. The molecule has 0 saturated carbocycles. The van der Waals surface area contributed by atoms with E-state index in [-0.39, 0.29) is 0 Å². The minimum atomic E-state index is 0.553. The van der Waals surface area contributed by atoms with E-state index in [9.17, 15) is 0 Å². The number of rotatable bonds is 6. The Hall–Kier alpha value is -1.61. The standard InChI is InChI=1S/C18H25N3/c1-3-9-17-16(7-1)8-2-4-10-18(17)20-11-5-6-13-21-14-12-19-15-21/h1,3,7,9,12,14-15,18,20H,2,4-6,8,10-11,13H2. The highest BCUT2D eigenvalue weighted by atomic mass is 15.0. The number of nitrogens with zero attached hydrogens (tertiary/aromatic N) is 2. The van der Waals surface area contributed by atoms with Crippen LogP contribution < -0.4 is 5.32 Å². The molecule has 1 aromatic carbocycles. The van der Waals surface area contributed by atoms with Gasteiger partial charge in [-0.15, -0.1) is 0 Å². The summed E-state index contributed by atoms with van der Waals surface area (Å²) in [6, 6.07) is 9.51. The lowest BCUT2D eigenvalue weighted by molar-refractivity contribution is 0.470. The summed E-state index contributed by atoms with van der Waals surface area (Å²) >= 11 is 0. The fourth-order valence-corrected chi connectivity index (χ4v) is 3.25. The maximum Gasteiger partial charge on any atom is 0.0945 e. The number of unbranched alkanes of at least 4 members (excludes halogenated alkanes) is 1. The molecule has 0 fully saturated rings. The first-order valence-electron chi connectivity index (χ1n) is 8.20. The summed E-state index contributed by atoms with van der Waals surface area (Å²) in [7, 11) is 0. The number of hydrogen-bond acceptors (Lipinski definition) is 2. The summed E-state index contributed by atoms with van der Waals surface area (Å²) in [4.78, 5) is 4.08.